The fourth-order valence-electron chi connectivity index (χ4n) is 2.32. The van der Waals surface area contributed by atoms with Crippen LogP contribution in [0.5, 0.6) is 5.75 Å². The van der Waals surface area contributed by atoms with E-state index in [0.717, 1.165) is 0 Å². The first-order valence-electron chi connectivity index (χ1n) is 7.45. The minimum atomic E-state index is -0.994. The lowest BCUT2D eigenvalue weighted by Gasteiger charge is -2.04. The highest BCUT2D eigenvalue weighted by atomic mass is 16.5. The van der Waals surface area contributed by atoms with Crippen LogP contribution in [0.3, 0.4) is 0 Å². The molecule has 1 aromatic carbocycles. The minimum absolute atomic E-state index is 0.178. The number of fused-ring (bicyclic) bond motifs is 1. The lowest BCUT2D eigenvalue weighted by atomic mass is 10.3. The molecule has 122 valence electrons. The number of carbonyl (C=O) groups is 1. The number of hydrogen-bond acceptors (Lipinski definition) is 5. The second-order valence-corrected chi connectivity index (χ2v) is 5.07. The van der Waals surface area contributed by atoms with Crippen molar-refractivity contribution in [1.29, 1.82) is 0 Å². The van der Waals surface area contributed by atoms with Crippen LogP contribution in [0.15, 0.2) is 52.8 Å². The Morgan fingerprint density at radius 2 is 2.08 bits per heavy atom. The van der Waals surface area contributed by atoms with E-state index in [1.165, 1.54) is 12.1 Å². The first-order valence-corrected chi connectivity index (χ1v) is 7.45. The van der Waals surface area contributed by atoms with Crippen molar-refractivity contribution in [3.8, 4) is 5.75 Å². The molecule has 0 fully saturated rings. The number of benzene rings is 1. The zero-order chi connectivity index (χ0) is 17.1. The molecule has 2 heterocycles. The molecule has 2 aromatic heterocycles. The zero-order valence-corrected chi connectivity index (χ0v) is 13.3. The standard InChI is InChI=1S/C17H16N4O3/c1-3-24-14-7-5-4-6-13(14)19-20-16-11(2)18-15-10-12(17(22)23)8-9-21(15)16/h4-10H,3H2,1-2H3,(H,22,23). The number of carboxylic acid groups (broad SMARTS) is 1. The van der Waals surface area contributed by atoms with Crippen LogP contribution in [0.4, 0.5) is 11.5 Å². The van der Waals surface area contributed by atoms with Gasteiger partial charge in [-0.2, -0.15) is 0 Å². The van der Waals surface area contributed by atoms with Crippen LogP contribution in [0.2, 0.25) is 0 Å². The van der Waals surface area contributed by atoms with Gasteiger partial charge < -0.3 is 9.84 Å². The number of para-hydroxylation sites is 1. The van der Waals surface area contributed by atoms with Gasteiger partial charge in [0.05, 0.1) is 17.9 Å². The second kappa shape index (κ2) is 6.49. The van der Waals surface area contributed by atoms with Gasteiger partial charge in [0.1, 0.15) is 17.1 Å². The van der Waals surface area contributed by atoms with Crippen LogP contribution in [-0.4, -0.2) is 27.1 Å². The highest BCUT2D eigenvalue weighted by Crippen LogP contribution is 2.30. The number of carboxylic acids is 1. The van der Waals surface area contributed by atoms with Crippen molar-refractivity contribution in [2.45, 2.75) is 13.8 Å². The van der Waals surface area contributed by atoms with Crippen molar-refractivity contribution in [3.05, 3.63) is 53.9 Å². The predicted octanol–water partition coefficient (Wildman–Crippen LogP) is 4.16. The molecule has 0 saturated carbocycles. The maximum absolute atomic E-state index is 11.1. The molecule has 3 aromatic rings. The molecule has 0 unspecified atom stereocenters. The van der Waals surface area contributed by atoms with Crippen molar-refractivity contribution >= 4 is 23.1 Å². The lowest BCUT2D eigenvalue weighted by Crippen LogP contribution is -1.97. The Balaban J connectivity index is 2.01. The maximum atomic E-state index is 11.1. The molecule has 0 aliphatic rings. The van der Waals surface area contributed by atoms with Crippen LogP contribution < -0.4 is 4.74 Å². The number of aryl methyl sites for hydroxylation is 1. The number of hydrogen-bond donors (Lipinski definition) is 1. The van der Waals surface area contributed by atoms with Gasteiger partial charge in [-0.05, 0) is 38.1 Å². The Labute approximate surface area is 138 Å². The van der Waals surface area contributed by atoms with E-state index in [-0.39, 0.29) is 5.56 Å². The summed E-state index contributed by atoms with van der Waals surface area (Å²) in [6.07, 6.45) is 1.63. The zero-order valence-electron chi connectivity index (χ0n) is 13.3. The first kappa shape index (κ1) is 15.7. The van der Waals surface area contributed by atoms with Crippen LogP contribution in [0, 0.1) is 6.92 Å². The normalized spacial score (nSPS) is 11.2. The smallest absolute Gasteiger partial charge is 0.335 e. The van der Waals surface area contributed by atoms with Crippen molar-refractivity contribution < 1.29 is 14.6 Å². The Hall–Kier alpha value is -3.22. The van der Waals surface area contributed by atoms with Gasteiger partial charge in [-0.3, -0.25) is 4.40 Å². The summed E-state index contributed by atoms with van der Waals surface area (Å²) in [5.41, 5.74) is 1.98. The third kappa shape index (κ3) is 2.96. The number of aromatic nitrogens is 2. The monoisotopic (exact) mass is 324 g/mol. The molecule has 0 aliphatic heterocycles. The van der Waals surface area contributed by atoms with E-state index >= 15 is 0 Å². The van der Waals surface area contributed by atoms with Crippen LogP contribution in [0.25, 0.3) is 5.65 Å². The highest BCUT2D eigenvalue weighted by Gasteiger charge is 2.11. The molecular weight excluding hydrogens is 308 g/mol. The van der Waals surface area contributed by atoms with E-state index in [1.807, 2.05) is 31.2 Å². The molecule has 7 nitrogen and oxygen atoms in total. The highest BCUT2D eigenvalue weighted by molar-refractivity contribution is 5.88. The number of aromatic carboxylic acids is 1. The minimum Gasteiger partial charge on any atom is -0.492 e. The second-order valence-electron chi connectivity index (χ2n) is 5.07. The summed E-state index contributed by atoms with van der Waals surface area (Å²) >= 11 is 0. The van der Waals surface area contributed by atoms with Gasteiger partial charge in [-0.25, -0.2) is 9.78 Å². The number of ether oxygens (including phenoxy) is 1. The summed E-state index contributed by atoms with van der Waals surface area (Å²) in [6, 6.07) is 10.4. The summed E-state index contributed by atoms with van der Waals surface area (Å²) < 4.78 is 7.23. The number of rotatable bonds is 5. The Kier molecular flexibility index (Phi) is 4.24. The molecule has 0 atom stereocenters. The van der Waals surface area contributed by atoms with Gasteiger partial charge >= 0.3 is 5.97 Å². The van der Waals surface area contributed by atoms with E-state index < -0.39 is 5.97 Å². The van der Waals surface area contributed by atoms with Crippen molar-refractivity contribution in [1.82, 2.24) is 9.38 Å². The van der Waals surface area contributed by atoms with Gasteiger partial charge in [-0.1, -0.05) is 12.1 Å². The van der Waals surface area contributed by atoms with Gasteiger partial charge in [-0.15, -0.1) is 10.2 Å². The van der Waals surface area contributed by atoms with Crippen LogP contribution in [-0.2, 0) is 0 Å². The predicted molar refractivity (Wildman–Crippen MR) is 88.7 cm³/mol. The van der Waals surface area contributed by atoms with E-state index in [2.05, 4.69) is 15.2 Å². The summed E-state index contributed by atoms with van der Waals surface area (Å²) in [6.45, 7) is 4.25. The van der Waals surface area contributed by atoms with E-state index in [4.69, 9.17) is 9.84 Å². The van der Waals surface area contributed by atoms with E-state index in [0.29, 0.717) is 35.2 Å². The van der Waals surface area contributed by atoms with Crippen LogP contribution >= 0.6 is 0 Å². The van der Waals surface area contributed by atoms with Gasteiger partial charge in [0.25, 0.3) is 0 Å². The maximum Gasteiger partial charge on any atom is 0.335 e. The molecule has 1 N–H and O–H groups in total. The molecule has 7 heteroatoms. The number of imidazole rings is 1. The third-order valence-electron chi connectivity index (χ3n) is 3.43. The Bertz CT molecular complexity index is 931. The van der Waals surface area contributed by atoms with Crippen LogP contribution in [0.1, 0.15) is 23.0 Å². The molecule has 0 spiro atoms. The molecule has 24 heavy (non-hydrogen) atoms. The molecule has 0 radical (unpaired) electrons. The van der Waals surface area contributed by atoms with E-state index in [1.54, 1.807) is 17.5 Å². The Morgan fingerprint density at radius 1 is 1.29 bits per heavy atom. The van der Waals surface area contributed by atoms with Gasteiger partial charge in [0.15, 0.2) is 5.82 Å². The van der Waals surface area contributed by atoms with Crippen molar-refractivity contribution in [2.75, 3.05) is 6.61 Å². The number of nitrogens with zero attached hydrogens (tertiary/aromatic N) is 4. The quantitative estimate of drug-likeness (QED) is 0.714. The molecular formula is C17H16N4O3. The summed E-state index contributed by atoms with van der Waals surface area (Å²) in [5.74, 6) is 0.212. The van der Waals surface area contributed by atoms with Gasteiger partial charge in [0.2, 0.25) is 0 Å². The van der Waals surface area contributed by atoms with Gasteiger partial charge in [0, 0.05) is 6.20 Å². The van der Waals surface area contributed by atoms with E-state index in [9.17, 15) is 4.79 Å². The average molecular weight is 324 g/mol. The molecule has 0 saturated heterocycles. The lowest BCUT2D eigenvalue weighted by molar-refractivity contribution is 0.0697. The fourth-order valence-corrected chi connectivity index (χ4v) is 2.32. The van der Waals surface area contributed by atoms with Crippen molar-refractivity contribution in [3.63, 3.8) is 0 Å². The first-order chi connectivity index (χ1) is 11.6. The SMILES string of the molecule is CCOc1ccccc1N=Nc1c(C)nc2cc(C(=O)O)ccn12. The largest absolute Gasteiger partial charge is 0.492 e. The molecule has 0 bridgehead atoms. The third-order valence-corrected chi connectivity index (χ3v) is 3.43. The topological polar surface area (TPSA) is 88.5 Å². The molecule has 0 aliphatic carbocycles. The summed E-state index contributed by atoms with van der Waals surface area (Å²) in [7, 11) is 0. The summed E-state index contributed by atoms with van der Waals surface area (Å²) in [4.78, 5) is 15.4. The fraction of sp³-hybridized carbons (Fsp3) is 0.176. The molecule has 3 rings (SSSR count). The summed E-state index contributed by atoms with van der Waals surface area (Å²) in [5, 5.41) is 17.6. The number of pyridine rings is 1. The Morgan fingerprint density at radius 3 is 2.83 bits per heavy atom. The van der Waals surface area contributed by atoms with Crippen molar-refractivity contribution in [2.24, 2.45) is 10.2 Å². The average Bonchev–Trinajstić information content (AvgIpc) is 2.88. The molecule has 0 amide bonds. The number of azo groups is 1.